The topological polar surface area (TPSA) is 21.7 Å². The summed E-state index contributed by atoms with van der Waals surface area (Å²) in [5.41, 5.74) is 0. The Morgan fingerprint density at radius 3 is 2.94 bits per heavy atom. The Morgan fingerprint density at radius 2 is 2.22 bits per heavy atom. The van der Waals surface area contributed by atoms with Crippen molar-refractivity contribution in [3.63, 3.8) is 0 Å². The van der Waals surface area contributed by atoms with Crippen LogP contribution in [0.15, 0.2) is 24.3 Å². The molecular weight excluding hydrogens is 233 g/mol. The molecule has 0 radical (unpaired) electrons. The number of benzene rings is 1. The largest absolute Gasteiger partial charge is 0.488 e. The molecule has 1 heterocycles. The van der Waals surface area contributed by atoms with Crippen molar-refractivity contribution in [2.75, 3.05) is 26.3 Å². The zero-order valence-corrected chi connectivity index (χ0v) is 10.9. The number of hydrogen-bond acceptors (Lipinski definition) is 3. The Bertz CT molecular complexity index is 384. The number of halogens is 1. The van der Waals surface area contributed by atoms with Crippen LogP contribution in [0.25, 0.3) is 0 Å². The minimum absolute atomic E-state index is 0.0146. The van der Waals surface area contributed by atoms with Gasteiger partial charge in [-0.2, -0.15) is 0 Å². The number of rotatable bonds is 4. The van der Waals surface area contributed by atoms with Gasteiger partial charge in [-0.3, -0.25) is 4.90 Å². The minimum Gasteiger partial charge on any atom is -0.488 e. The van der Waals surface area contributed by atoms with Crippen LogP contribution in [0.5, 0.6) is 5.75 Å². The molecule has 1 fully saturated rings. The first kappa shape index (κ1) is 13.3. The fourth-order valence-electron chi connectivity index (χ4n) is 2.06. The van der Waals surface area contributed by atoms with E-state index < -0.39 is 0 Å². The summed E-state index contributed by atoms with van der Waals surface area (Å²) in [6.07, 6.45) is 0.0146. The molecule has 100 valence electrons. The van der Waals surface area contributed by atoms with Gasteiger partial charge < -0.3 is 9.47 Å². The second-order valence-electron chi connectivity index (χ2n) is 4.82. The third-order valence-electron chi connectivity index (χ3n) is 3.16. The van der Waals surface area contributed by atoms with E-state index in [9.17, 15) is 4.39 Å². The summed E-state index contributed by atoms with van der Waals surface area (Å²) in [4.78, 5) is 2.35. The highest BCUT2D eigenvalue weighted by atomic mass is 19.1. The Morgan fingerprint density at radius 1 is 1.44 bits per heavy atom. The van der Waals surface area contributed by atoms with Crippen LogP contribution < -0.4 is 4.74 Å². The van der Waals surface area contributed by atoms with Crippen molar-refractivity contribution in [1.82, 2.24) is 4.90 Å². The molecule has 0 spiro atoms. The van der Waals surface area contributed by atoms with E-state index in [1.807, 2.05) is 0 Å². The molecule has 0 aromatic heterocycles. The van der Waals surface area contributed by atoms with E-state index in [-0.39, 0.29) is 11.9 Å². The highest BCUT2D eigenvalue weighted by Gasteiger charge is 2.22. The van der Waals surface area contributed by atoms with Crippen LogP contribution in [0.4, 0.5) is 4.39 Å². The molecule has 18 heavy (non-hydrogen) atoms. The van der Waals surface area contributed by atoms with Gasteiger partial charge in [0, 0.05) is 19.1 Å². The lowest BCUT2D eigenvalue weighted by Crippen LogP contribution is -2.47. The normalized spacial score (nSPS) is 21.2. The summed E-state index contributed by atoms with van der Waals surface area (Å²) in [6.45, 7) is 7.23. The molecule has 1 atom stereocenters. The van der Waals surface area contributed by atoms with Crippen molar-refractivity contribution in [3.05, 3.63) is 30.1 Å². The Balaban J connectivity index is 1.85. The first-order chi connectivity index (χ1) is 8.66. The second kappa shape index (κ2) is 6.16. The second-order valence-corrected chi connectivity index (χ2v) is 4.82. The van der Waals surface area contributed by atoms with E-state index >= 15 is 0 Å². The maximum absolute atomic E-state index is 13.4. The summed E-state index contributed by atoms with van der Waals surface area (Å²) < 4.78 is 24.5. The van der Waals surface area contributed by atoms with Gasteiger partial charge in [0.25, 0.3) is 0 Å². The third kappa shape index (κ3) is 3.43. The first-order valence-corrected chi connectivity index (χ1v) is 6.40. The zero-order valence-electron chi connectivity index (χ0n) is 10.9. The van der Waals surface area contributed by atoms with E-state index in [0.717, 1.165) is 13.1 Å². The molecule has 0 amide bonds. The van der Waals surface area contributed by atoms with E-state index in [1.165, 1.54) is 6.07 Å². The van der Waals surface area contributed by atoms with Crippen molar-refractivity contribution in [1.29, 1.82) is 0 Å². The molecule has 0 bridgehead atoms. The predicted octanol–water partition coefficient (Wildman–Crippen LogP) is 2.31. The van der Waals surface area contributed by atoms with Gasteiger partial charge in [-0.1, -0.05) is 12.1 Å². The fourth-order valence-corrected chi connectivity index (χ4v) is 2.06. The fraction of sp³-hybridized carbons (Fsp3) is 0.571. The van der Waals surface area contributed by atoms with Crippen molar-refractivity contribution in [2.45, 2.75) is 26.0 Å². The molecule has 1 unspecified atom stereocenters. The van der Waals surface area contributed by atoms with Crippen molar-refractivity contribution in [2.24, 2.45) is 0 Å². The summed E-state index contributed by atoms with van der Waals surface area (Å²) in [5.74, 6) is -0.0307. The zero-order chi connectivity index (χ0) is 13.0. The molecule has 0 N–H and O–H groups in total. The molecule has 1 aromatic carbocycles. The lowest BCUT2D eigenvalue weighted by molar-refractivity contribution is -0.0568. The number of morpholine rings is 1. The van der Waals surface area contributed by atoms with Crippen molar-refractivity contribution < 1.29 is 13.9 Å². The molecule has 1 aliphatic rings. The van der Waals surface area contributed by atoms with Crippen LogP contribution in [0.3, 0.4) is 0 Å². The average molecular weight is 253 g/mol. The van der Waals surface area contributed by atoms with Crippen LogP contribution >= 0.6 is 0 Å². The van der Waals surface area contributed by atoms with E-state index in [1.54, 1.807) is 18.2 Å². The summed E-state index contributed by atoms with van der Waals surface area (Å²) >= 11 is 0. The highest BCUT2D eigenvalue weighted by Crippen LogP contribution is 2.17. The third-order valence-corrected chi connectivity index (χ3v) is 3.16. The average Bonchev–Trinajstić information content (AvgIpc) is 2.38. The quantitative estimate of drug-likeness (QED) is 0.822. The summed E-state index contributed by atoms with van der Waals surface area (Å²) in [7, 11) is 0. The van der Waals surface area contributed by atoms with Gasteiger partial charge in [0.15, 0.2) is 11.6 Å². The van der Waals surface area contributed by atoms with Gasteiger partial charge in [-0.05, 0) is 26.0 Å². The minimum atomic E-state index is -0.325. The van der Waals surface area contributed by atoms with Crippen LogP contribution in [0.2, 0.25) is 0 Å². The maximum Gasteiger partial charge on any atom is 0.165 e. The Labute approximate surface area is 107 Å². The number of hydrogen-bond donors (Lipinski definition) is 0. The molecule has 3 nitrogen and oxygen atoms in total. The summed E-state index contributed by atoms with van der Waals surface area (Å²) in [6, 6.07) is 6.96. The standard InChI is InChI=1S/C14H20FNO2/c1-11(2)16-7-8-17-12(9-16)10-18-14-6-4-3-5-13(14)15/h3-6,11-12H,7-10H2,1-2H3. The molecule has 0 saturated carbocycles. The van der Waals surface area contributed by atoms with E-state index in [0.29, 0.717) is 25.0 Å². The number of ether oxygens (including phenoxy) is 2. The van der Waals surface area contributed by atoms with Gasteiger partial charge in [0.05, 0.1) is 6.61 Å². The number of para-hydroxylation sites is 1. The van der Waals surface area contributed by atoms with E-state index in [2.05, 4.69) is 18.7 Å². The van der Waals surface area contributed by atoms with Gasteiger partial charge in [0.1, 0.15) is 12.7 Å². The van der Waals surface area contributed by atoms with Crippen LogP contribution in [-0.4, -0.2) is 43.3 Å². The lowest BCUT2D eigenvalue weighted by Gasteiger charge is -2.35. The Kier molecular flexibility index (Phi) is 4.55. The predicted molar refractivity (Wildman–Crippen MR) is 68.3 cm³/mol. The van der Waals surface area contributed by atoms with Gasteiger partial charge in [-0.25, -0.2) is 4.39 Å². The summed E-state index contributed by atoms with van der Waals surface area (Å²) in [5, 5.41) is 0. The molecule has 4 heteroatoms. The van der Waals surface area contributed by atoms with Crippen molar-refractivity contribution >= 4 is 0 Å². The maximum atomic E-state index is 13.4. The molecule has 1 aromatic rings. The highest BCUT2D eigenvalue weighted by molar-refractivity contribution is 5.23. The van der Waals surface area contributed by atoms with Gasteiger partial charge in [-0.15, -0.1) is 0 Å². The smallest absolute Gasteiger partial charge is 0.165 e. The molecule has 2 rings (SSSR count). The SMILES string of the molecule is CC(C)N1CCOC(COc2ccccc2F)C1. The Hall–Kier alpha value is -1.13. The van der Waals surface area contributed by atoms with Crippen LogP contribution in [-0.2, 0) is 4.74 Å². The van der Waals surface area contributed by atoms with Gasteiger partial charge in [0.2, 0.25) is 0 Å². The van der Waals surface area contributed by atoms with E-state index in [4.69, 9.17) is 9.47 Å². The monoisotopic (exact) mass is 253 g/mol. The molecular formula is C14H20FNO2. The lowest BCUT2D eigenvalue weighted by atomic mass is 10.2. The van der Waals surface area contributed by atoms with Gasteiger partial charge >= 0.3 is 0 Å². The van der Waals surface area contributed by atoms with Crippen molar-refractivity contribution in [3.8, 4) is 5.75 Å². The van der Waals surface area contributed by atoms with Crippen LogP contribution in [0, 0.1) is 5.82 Å². The number of nitrogens with zero attached hydrogens (tertiary/aromatic N) is 1. The molecule has 1 aliphatic heterocycles. The first-order valence-electron chi connectivity index (χ1n) is 6.40. The molecule has 0 aliphatic carbocycles. The molecule has 1 saturated heterocycles. The van der Waals surface area contributed by atoms with Crippen LogP contribution in [0.1, 0.15) is 13.8 Å².